The van der Waals surface area contributed by atoms with Gasteiger partial charge in [-0.25, -0.2) is 0 Å². The Labute approximate surface area is 112 Å². The van der Waals surface area contributed by atoms with E-state index in [0.717, 1.165) is 9.69 Å². The fourth-order valence-corrected chi connectivity index (χ4v) is 2.21. The largest absolute Gasteiger partial charge is 0.497 e. The zero-order valence-electron chi connectivity index (χ0n) is 10.9. The Kier molecular flexibility index (Phi) is 3.59. The summed E-state index contributed by atoms with van der Waals surface area (Å²) in [6, 6.07) is 7.04. The number of hydrogen-bond donors (Lipinski definition) is 1. The van der Waals surface area contributed by atoms with Gasteiger partial charge in [-0.1, -0.05) is 6.07 Å². The van der Waals surface area contributed by atoms with Crippen molar-refractivity contribution in [1.82, 2.24) is 9.29 Å². The Hall–Kier alpha value is -1.86. The molecule has 0 aliphatic rings. The molecule has 2 rings (SSSR count). The smallest absolute Gasteiger partial charge is 0.301 e. The van der Waals surface area contributed by atoms with E-state index in [-0.39, 0.29) is 0 Å². The van der Waals surface area contributed by atoms with Crippen molar-refractivity contribution in [3.8, 4) is 5.75 Å². The minimum Gasteiger partial charge on any atom is -0.497 e. The van der Waals surface area contributed by atoms with Gasteiger partial charge in [-0.15, -0.1) is 0 Å². The van der Waals surface area contributed by atoms with E-state index in [0.29, 0.717) is 17.0 Å². The zero-order valence-corrected chi connectivity index (χ0v) is 11.7. The van der Waals surface area contributed by atoms with Gasteiger partial charge in [-0.05, 0) is 12.1 Å². The number of nitrogens with zero attached hydrogens (tertiary/aromatic N) is 2. The molecular weight excluding hydrogens is 266 g/mol. The quantitative estimate of drug-likeness (QED) is 0.921. The molecule has 1 N–H and O–H groups in total. The third kappa shape index (κ3) is 2.77. The molecule has 1 aromatic heterocycles. The van der Waals surface area contributed by atoms with Crippen LogP contribution in [0.3, 0.4) is 0 Å². The zero-order chi connectivity index (χ0) is 14.0. The van der Waals surface area contributed by atoms with Crippen LogP contribution in [0.4, 0.5) is 5.69 Å². The van der Waals surface area contributed by atoms with E-state index in [2.05, 4.69) is 9.71 Å². The molecule has 102 valence electrons. The van der Waals surface area contributed by atoms with Crippen LogP contribution < -0.4 is 9.46 Å². The first kappa shape index (κ1) is 13.6. The van der Waals surface area contributed by atoms with E-state index in [1.807, 2.05) is 6.07 Å². The maximum absolute atomic E-state index is 11.9. The van der Waals surface area contributed by atoms with E-state index < -0.39 is 10.2 Å². The SMILES string of the molecule is COc1cc(NS(=O)(=O)N(C)C)c2ncccc2c1. The molecule has 0 aliphatic carbocycles. The molecule has 0 unspecified atom stereocenters. The highest BCUT2D eigenvalue weighted by molar-refractivity contribution is 7.90. The summed E-state index contributed by atoms with van der Waals surface area (Å²) in [6.07, 6.45) is 1.61. The fourth-order valence-electron chi connectivity index (χ4n) is 1.59. The van der Waals surface area contributed by atoms with Crippen LogP contribution in [-0.2, 0) is 10.2 Å². The lowest BCUT2D eigenvalue weighted by molar-refractivity contribution is 0.415. The summed E-state index contributed by atoms with van der Waals surface area (Å²) < 4.78 is 32.5. The molecule has 0 radical (unpaired) electrons. The van der Waals surface area contributed by atoms with Crippen molar-refractivity contribution >= 4 is 26.8 Å². The predicted octanol–water partition coefficient (Wildman–Crippen LogP) is 1.46. The number of nitrogens with one attached hydrogen (secondary N) is 1. The first-order chi connectivity index (χ1) is 8.94. The number of rotatable bonds is 4. The molecule has 0 aliphatic heterocycles. The molecule has 1 heterocycles. The van der Waals surface area contributed by atoms with E-state index in [9.17, 15) is 8.42 Å². The van der Waals surface area contributed by atoms with Crippen LogP contribution >= 0.6 is 0 Å². The molecule has 0 fully saturated rings. The first-order valence-electron chi connectivity index (χ1n) is 5.57. The molecule has 0 bridgehead atoms. The van der Waals surface area contributed by atoms with Gasteiger partial charge in [0.15, 0.2) is 0 Å². The molecule has 0 atom stereocenters. The van der Waals surface area contributed by atoms with Crippen molar-refractivity contribution < 1.29 is 13.2 Å². The van der Waals surface area contributed by atoms with Crippen molar-refractivity contribution in [1.29, 1.82) is 0 Å². The van der Waals surface area contributed by atoms with Gasteiger partial charge in [0.05, 0.1) is 18.3 Å². The second-order valence-electron chi connectivity index (χ2n) is 4.14. The number of ether oxygens (including phenoxy) is 1. The van der Waals surface area contributed by atoms with Crippen LogP contribution in [0.2, 0.25) is 0 Å². The van der Waals surface area contributed by atoms with Gasteiger partial charge in [0.2, 0.25) is 0 Å². The maximum atomic E-state index is 11.9. The van der Waals surface area contributed by atoms with Crippen molar-refractivity contribution in [3.05, 3.63) is 30.5 Å². The molecule has 2 aromatic rings. The number of hydrogen-bond acceptors (Lipinski definition) is 4. The lowest BCUT2D eigenvalue weighted by atomic mass is 10.2. The number of fused-ring (bicyclic) bond motifs is 1. The second-order valence-corrected chi connectivity index (χ2v) is 6.02. The van der Waals surface area contributed by atoms with Gasteiger partial charge in [0, 0.05) is 31.7 Å². The lowest BCUT2D eigenvalue weighted by Gasteiger charge is -2.15. The summed E-state index contributed by atoms with van der Waals surface area (Å²) >= 11 is 0. The lowest BCUT2D eigenvalue weighted by Crippen LogP contribution is -2.29. The molecule has 7 heteroatoms. The highest BCUT2D eigenvalue weighted by Crippen LogP contribution is 2.28. The van der Waals surface area contributed by atoms with Gasteiger partial charge in [0.1, 0.15) is 5.75 Å². The van der Waals surface area contributed by atoms with Crippen molar-refractivity contribution in [2.75, 3.05) is 25.9 Å². The van der Waals surface area contributed by atoms with E-state index in [4.69, 9.17) is 4.74 Å². The topological polar surface area (TPSA) is 71.5 Å². The van der Waals surface area contributed by atoms with Gasteiger partial charge < -0.3 is 4.74 Å². The van der Waals surface area contributed by atoms with Gasteiger partial charge in [-0.3, -0.25) is 9.71 Å². The maximum Gasteiger partial charge on any atom is 0.301 e. The molecule has 0 spiro atoms. The molecule has 0 amide bonds. The molecule has 0 saturated carbocycles. The number of aromatic nitrogens is 1. The summed E-state index contributed by atoms with van der Waals surface area (Å²) in [5.41, 5.74) is 0.970. The van der Waals surface area contributed by atoms with Crippen LogP contribution in [0.1, 0.15) is 0 Å². The summed E-state index contributed by atoms with van der Waals surface area (Å²) in [5, 5.41) is 0.804. The Bertz CT molecular complexity index is 698. The molecule has 0 saturated heterocycles. The molecule has 6 nitrogen and oxygen atoms in total. The van der Waals surface area contributed by atoms with E-state index >= 15 is 0 Å². The van der Waals surface area contributed by atoms with E-state index in [1.165, 1.54) is 21.2 Å². The van der Waals surface area contributed by atoms with Crippen LogP contribution in [0.15, 0.2) is 30.5 Å². The van der Waals surface area contributed by atoms with Crippen molar-refractivity contribution in [2.24, 2.45) is 0 Å². The van der Waals surface area contributed by atoms with Crippen LogP contribution in [-0.4, -0.2) is 38.9 Å². The monoisotopic (exact) mass is 281 g/mol. The highest BCUT2D eigenvalue weighted by Gasteiger charge is 2.16. The normalized spacial score (nSPS) is 11.8. The number of anilines is 1. The summed E-state index contributed by atoms with van der Waals surface area (Å²) in [5.74, 6) is 0.567. The van der Waals surface area contributed by atoms with Crippen molar-refractivity contribution in [2.45, 2.75) is 0 Å². The Morgan fingerprint density at radius 3 is 2.68 bits per heavy atom. The van der Waals surface area contributed by atoms with Crippen molar-refractivity contribution in [3.63, 3.8) is 0 Å². The standard InChI is InChI=1S/C12H15N3O3S/c1-15(2)19(16,17)14-11-8-10(18-3)7-9-5-4-6-13-12(9)11/h4-8,14H,1-3H3. The van der Waals surface area contributed by atoms with E-state index in [1.54, 1.807) is 24.4 Å². The minimum atomic E-state index is -3.58. The van der Waals surface area contributed by atoms with Crippen LogP contribution in [0, 0.1) is 0 Å². The Morgan fingerprint density at radius 1 is 1.32 bits per heavy atom. The van der Waals surface area contributed by atoms with Gasteiger partial charge >= 0.3 is 10.2 Å². The molecule has 19 heavy (non-hydrogen) atoms. The van der Waals surface area contributed by atoms with Gasteiger partial charge in [-0.2, -0.15) is 12.7 Å². The first-order valence-corrected chi connectivity index (χ1v) is 7.01. The molecular formula is C12H15N3O3S. The Morgan fingerprint density at radius 2 is 2.05 bits per heavy atom. The molecule has 1 aromatic carbocycles. The summed E-state index contributed by atoms with van der Waals surface area (Å²) in [4.78, 5) is 4.20. The average Bonchev–Trinajstić information content (AvgIpc) is 2.38. The summed E-state index contributed by atoms with van der Waals surface area (Å²) in [6.45, 7) is 0. The third-order valence-electron chi connectivity index (χ3n) is 2.63. The Balaban J connectivity index is 2.59. The predicted molar refractivity (Wildman–Crippen MR) is 74.5 cm³/mol. The fraction of sp³-hybridized carbons (Fsp3) is 0.250. The third-order valence-corrected chi connectivity index (χ3v) is 4.07. The number of pyridine rings is 1. The summed E-state index contributed by atoms with van der Waals surface area (Å²) in [7, 11) is 0.863. The highest BCUT2D eigenvalue weighted by atomic mass is 32.2. The second kappa shape index (κ2) is 5.02. The van der Waals surface area contributed by atoms with Crippen LogP contribution in [0.5, 0.6) is 5.75 Å². The van der Waals surface area contributed by atoms with Crippen LogP contribution in [0.25, 0.3) is 10.9 Å². The number of benzene rings is 1. The van der Waals surface area contributed by atoms with Gasteiger partial charge in [0.25, 0.3) is 0 Å². The average molecular weight is 281 g/mol. The number of methoxy groups -OCH3 is 1. The minimum absolute atomic E-state index is 0.392.